The van der Waals surface area contributed by atoms with Gasteiger partial charge in [0, 0.05) is 13.1 Å². The highest BCUT2D eigenvalue weighted by Gasteiger charge is 2.17. The van der Waals surface area contributed by atoms with Crippen LogP contribution in [0.15, 0.2) is 0 Å². The molecule has 0 radical (unpaired) electrons. The van der Waals surface area contributed by atoms with Gasteiger partial charge in [-0.3, -0.25) is 4.79 Å². The van der Waals surface area contributed by atoms with Crippen LogP contribution >= 0.6 is 0 Å². The number of rotatable bonds is 11. The van der Waals surface area contributed by atoms with Crippen LogP contribution in [0.1, 0.15) is 66.2 Å². The zero-order valence-electron chi connectivity index (χ0n) is 13.4. The molecule has 1 unspecified atom stereocenters. The lowest BCUT2D eigenvalue weighted by Crippen LogP contribution is -2.36. The van der Waals surface area contributed by atoms with E-state index in [1.165, 1.54) is 25.7 Å². The summed E-state index contributed by atoms with van der Waals surface area (Å²) >= 11 is 0. The zero-order chi connectivity index (χ0) is 14.7. The Morgan fingerprint density at radius 2 is 1.63 bits per heavy atom. The average molecular weight is 270 g/mol. The second kappa shape index (κ2) is 11.3. The maximum absolute atomic E-state index is 11.9. The molecular formula is C16H34N2O. The lowest BCUT2D eigenvalue weighted by Gasteiger charge is -2.16. The Morgan fingerprint density at radius 3 is 2.16 bits per heavy atom. The van der Waals surface area contributed by atoms with Crippen molar-refractivity contribution in [1.82, 2.24) is 5.32 Å². The third kappa shape index (κ3) is 11.0. The van der Waals surface area contributed by atoms with Gasteiger partial charge < -0.3 is 11.1 Å². The standard InChI is InChI=1S/C16H34N2O/c1-13(2)9-7-5-6-8-10-18-16(19)15(12-17)11-14(3)4/h13-15H,5-12,17H2,1-4H3,(H,18,19). The van der Waals surface area contributed by atoms with Crippen molar-refractivity contribution in [2.24, 2.45) is 23.5 Å². The van der Waals surface area contributed by atoms with Crippen molar-refractivity contribution in [2.45, 2.75) is 66.2 Å². The van der Waals surface area contributed by atoms with E-state index in [-0.39, 0.29) is 11.8 Å². The summed E-state index contributed by atoms with van der Waals surface area (Å²) in [5, 5.41) is 3.02. The summed E-state index contributed by atoms with van der Waals surface area (Å²) in [5.74, 6) is 1.45. The molecule has 3 N–H and O–H groups in total. The first-order valence-electron chi connectivity index (χ1n) is 7.95. The van der Waals surface area contributed by atoms with Crippen LogP contribution in [0, 0.1) is 17.8 Å². The van der Waals surface area contributed by atoms with Crippen LogP contribution in [-0.2, 0) is 4.79 Å². The third-order valence-corrected chi connectivity index (χ3v) is 3.42. The molecule has 0 heterocycles. The highest BCUT2D eigenvalue weighted by molar-refractivity contribution is 5.78. The highest BCUT2D eigenvalue weighted by atomic mass is 16.1. The fourth-order valence-electron chi connectivity index (χ4n) is 2.27. The van der Waals surface area contributed by atoms with E-state index in [9.17, 15) is 4.79 Å². The second-order valence-corrected chi connectivity index (χ2v) is 6.45. The average Bonchev–Trinajstić information content (AvgIpc) is 2.33. The minimum atomic E-state index is -0.0130. The van der Waals surface area contributed by atoms with E-state index >= 15 is 0 Å². The fraction of sp³-hybridized carbons (Fsp3) is 0.938. The van der Waals surface area contributed by atoms with Gasteiger partial charge >= 0.3 is 0 Å². The smallest absolute Gasteiger partial charge is 0.224 e. The molecule has 0 aliphatic heterocycles. The van der Waals surface area contributed by atoms with Crippen LogP contribution in [0.2, 0.25) is 0 Å². The van der Waals surface area contributed by atoms with Crippen LogP contribution in [0.4, 0.5) is 0 Å². The van der Waals surface area contributed by atoms with Crippen LogP contribution < -0.4 is 11.1 Å². The van der Waals surface area contributed by atoms with Gasteiger partial charge in [0.2, 0.25) is 5.91 Å². The number of nitrogens with one attached hydrogen (secondary N) is 1. The largest absolute Gasteiger partial charge is 0.356 e. The molecule has 0 aliphatic rings. The van der Waals surface area contributed by atoms with E-state index in [0.29, 0.717) is 12.5 Å². The molecule has 0 aromatic heterocycles. The van der Waals surface area contributed by atoms with Crippen molar-refractivity contribution in [3.8, 4) is 0 Å². The lowest BCUT2D eigenvalue weighted by atomic mass is 9.96. The molecule has 3 heteroatoms. The van der Waals surface area contributed by atoms with Gasteiger partial charge in [-0.2, -0.15) is 0 Å². The Labute approximate surface area is 119 Å². The first kappa shape index (κ1) is 18.4. The van der Waals surface area contributed by atoms with Gasteiger partial charge in [-0.1, -0.05) is 53.4 Å². The quantitative estimate of drug-likeness (QED) is 0.566. The minimum Gasteiger partial charge on any atom is -0.356 e. The molecule has 0 aliphatic carbocycles. The summed E-state index contributed by atoms with van der Waals surface area (Å²) in [7, 11) is 0. The van der Waals surface area contributed by atoms with E-state index in [1.54, 1.807) is 0 Å². The monoisotopic (exact) mass is 270 g/mol. The van der Waals surface area contributed by atoms with E-state index in [0.717, 1.165) is 25.3 Å². The van der Waals surface area contributed by atoms with Gasteiger partial charge in [-0.15, -0.1) is 0 Å². The normalized spacial score (nSPS) is 13.0. The number of hydrogen-bond acceptors (Lipinski definition) is 2. The summed E-state index contributed by atoms with van der Waals surface area (Å²) in [5.41, 5.74) is 5.66. The lowest BCUT2D eigenvalue weighted by molar-refractivity contribution is -0.125. The van der Waals surface area contributed by atoms with Gasteiger partial charge in [0.25, 0.3) is 0 Å². The summed E-state index contributed by atoms with van der Waals surface area (Å²) in [6.45, 7) is 10.0. The van der Waals surface area contributed by atoms with Gasteiger partial charge in [0.1, 0.15) is 0 Å². The number of hydrogen-bond donors (Lipinski definition) is 2. The van der Waals surface area contributed by atoms with Gasteiger partial charge in [0.15, 0.2) is 0 Å². The Hall–Kier alpha value is -0.570. The number of unbranched alkanes of at least 4 members (excludes halogenated alkanes) is 3. The summed E-state index contributed by atoms with van der Waals surface area (Å²) in [4.78, 5) is 11.9. The molecule has 0 aromatic carbocycles. The zero-order valence-corrected chi connectivity index (χ0v) is 13.4. The first-order valence-corrected chi connectivity index (χ1v) is 7.95. The number of carbonyl (C=O) groups is 1. The van der Waals surface area contributed by atoms with Crippen LogP contribution in [0.25, 0.3) is 0 Å². The Kier molecular flexibility index (Phi) is 10.9. The molecule has 114 valence electrons. The molecule has 1 atom stereocenters. The topological polar surface area (TPSA) is 55.1 Å². The number of amides is 1. The molecule has 0 spiro atoms. The van der Waals surface area contributed by atoms with Crippen molar-refractivity contribution >= 4 is 5.91 Å². The molecule has 0 aromatic rings. The van der Waals surface area contributed by atoms with Crippen molar-refractivity contribution in [3.63, 3.8) is 0 Å². The highest BCUT2D eigenvalue weighted by Crippen LogP contribution is 2.11. The maximum atomic E-state index is 11.9. The van der Waals surface area contributed by atoms with Crippen LogP contribution in [0.3, 0.4) is 0 Å². The van der Waals surface area contributed by atoms with Gasteiger partial charge in [-0.25, -0.2) is 0 Å². The molecular weight excluding hydrogens is 236 g/mol. The molecule has 0 saturated carbocycles. The minimum absolute atomic E-state index is 0.0130. The van der Waals surface area contributed by atoms with E-state index in [2.05, 4.69) is 33.0 Å². The van der Waals surface area contributed by atoms with E-state index < -0.39 is 0 Å². The van der Waals surface area contributed by atoms with Gasteiger partial charge in [0.05, 0.1) is 5.92 Å². The van der Waals surface area contributed by atoms with Crippen LogP contribution in [-0.4, -0.2) is 19.0 Å². The van der Waals surface area contributed by atoms with E-state index in [4.69, 9.17) is 5.73 Å². The molecule has 0 bridgehead atoms. The van der Waals surface area contributed by atoms with Crippen molar-refractivity contribution in [2.75, 3.05) is 13.1 Å². The van der Waals surface area contributed by atoms with E-state index in [1.807, 2.05) is 0 Å². The fourth-order valence-corrected chi connectivity index (χ4v) is 2.27. The first-order chi connectivity index (χ1) is 8.97. The predicted molar refractivity (Wildman–Crippen MR) is 82.9 cm³/mol. The van der Waals surface area contributed by atoms with Crippen molar-refractivity contribution in [3.05, 3.63) is 0 Å². The van der Waals surface area contributed by atoms with Crippen molar-refractivity contribution in [1.29, 1.82) is 0 Å². The van der Waals surface area contributed by atoms with Crippen molar-refractivity contribution < 1.29 is 4.79 Å². The van der Waals surface area contributed by atoms with Gasteiger partial charge in [-0.05, 0) is 24.7 Å². The Morgan fingerprint density at radius 1 is 1.00 bits per heavy atom. The predicted octanol–water partition coefficient (Wildman–Crippen LogP) is 3.33. The molecule has 3 nitrogen and oxygen atoms in total. The Balaban J connectivity index is 3.56. The molecule has 0 saturated heterocycles. The maximum Gasteiger partial charge on any atom is 0.224 e. The number of carbonyl (C=O) groups excluding carboxylic acids is 1. The number of nitrogens with two attached hydrogens (primary N) is 1. The SMILES string of the molecule is CC(C)CCCCCCNC(=O)C(CN)CC(C)C. The molecule has 1 amide bonds. The van der Waals surface area contributed by atoms with Crippen LogP contribution in [0.5, 0.6) is 0 Å². The Bertz CT molecular complexity index is 227. The molecule has 19 heavy (non-hydrogen) atoms. The third-order valence-electron chi connectivity index (χ3n) is 3.42. The summed E-state index contributed by atoms with van der Waals surface area (Å²) < 4.78 is 0. The second-order valence-electron chi connectivity index (χ2n) is 6.45. The summed E-state index contributed by atoms with van der Waals surface area (Å²) in [6, 6.07) is 0. The molecule has 0 rings (SSSR count). The summed E-state index contributed by atoms with van der Waals surface area (Å²) in [6.07, 6.45) is 7.09. The molecule has 0 fully saturated rings.